The third-order valence-electron chi connectivity index (χ3n) is 2.91. The zero-order valence-electron chi connectivity index (χ0n) is 10.00. The van der Waals surface area contributed by atoms with E-state index in [4.69, 9.17) is 0 Å². The monoisotopic (exact) mass is 250 g/mol. The molecule has 2 heterocycles. The number of hydrogen-bond acceptors (Lipinski definition) is 4. The number of nitrogens with one attached hydrogen (secondary N) is 1. The molecule has 0 bridgehead atoms. The molecule has 1 N–H and O–H groups in total. The van der Waals surface area contributed by atoms with Crippen LogP contribution in [0.25, 0.3) is 0 Å². The Morgan fingerprint density at radius 3 is 3.06 bits per heavy atom. The van der Waals surface area contributed by atoms with Crippen LogP contribution >= 0.6 is 0 Å². The van der Waals surface area contributed by atoms with Gasteiger partial charge in [0, 0.05) is 25.5 Å². The molecule has 1 saturated heterocycles. The lowest BCUT2D eigenvalue weighted by Crippen LogP contribution is -2.56. The van der Waals surface area contributed by atoms with Gasteiger partial charge in [-0.15, -0.1) is 0 Å². The highest BCUT2D eigenvalue weighted by atomic mass is 16.2. The van der Waals surface area contributed by atoms with Gasteiger partial charge in [0.2, 0.25) is 11.8 Å². The van der Waals surface area contributed by atoms with Gasteiger partial charge in [0.15, 0.2) is 0 Å². The van der Waals surface area contributed by atoms with Gasteiger partial charge in [-0.05, 0) is 13.0 Å². The van der Waals surface area contributed by atoms with Crippen LogP contribution in [-0.4, -0.2) is 45.4 Å². The summed E-state index contributed by atoms with van der Waals surface area (Å²) in [6, 6.07) is 1.08. The number of amides is 2. The van der Waals surface area contributed by atoms with E-state index >= 15 is 0 Å². The lowest BCUT2D eigenvalue weighted by atomic mass is 10.2. The molecule has 0 aliphatic carbocycles. The van der Waals surface area contributed by atoms with Crippen LogP contribution < -0.4 is 11.0 Å². The maximum absolute atomic E-state index is 12.0. The Kier molecular flexibility index (Phi) is 3.40. The van der Waals surface area contributed by atoms with E-state index in [2.05, 4.69) is 10.3 Å². The number of piperazine rings is 1. The van der Waals surface area contributed by atoms with Crippen molar-refractivity contribution in [1.29, 1.82) is 0 Å². The zero-order chi connectivity index (χ0) is 13.1. The highest BCUT2D eigenvalue weighted by Crippen LogP contribution is 2.04. The molecule has 2 rings (SSSR count). The summed E-state index contributed by atoms with van der Waals surface area (Å²) in [4.78, 5) is 39.9. The number of carbonyl (C=O) groups is 2. The molecule has 1 aromatic heterocycles. The van der Waals surface area contributed by atoms with Crippen LogP contribution in [-0.2, 0) is 16.1 Å². The summed E-state index contributed by atoms with van der Waals surface area (Å²) < 4.78 is 1.22. The molecule has 0 radical (unpaired) electrons. The van der Waals surface area contributed by atoms with E-state index in [0.717, 1.165) is 0 Å². The summed E-state index contributed by atoms with van der Waals surface area (Å²) in [5.41, 5.74) is -0.472. The van der Waals surface area contributed by atoms with Crippen LogP contribution in [0.15, 0.2) is 23.3 Å². The van der Waals surface area contributed by atoms with Crippen molar-refractivity contribution in [3.63, 3.8) is 0 Å². The fourth-order valence-electron chi connectivity index (χ4n) is 1.87. The van der Waals surface area contributed by atoms with Crippen molar-refractivity contribution in [2.45, 2.75) is 19.5 Å². The molecule has 96 valence electrons. The van der Waals surface area contributed by atoms with Gasteiger partial charge < -0.3 is 10.2 Å². The van der Waals surface area contributed by atoms with E-state index in [9.17, 15) is 14.4 Å². The first-order chi connectivity index (χ1) is 8.59. The van der Waals surface area contributed by atoms with Crippen molar-refractivity contribution in [2.24, 2.45) is 0 Å². The first kappa shape index (κ1) is 12.3. The minimum atomic E-state index is -0.501. The van der Waals surface area contributed by atoms with Gasteiger partial charge in [0.25, 0.3) is 0 Å². The second kappa shape index (κ2) is 4.99. The Labute approximate surface area is 103 Å². The fourth-order valence-corrected chi connectivity index (χ4v) is 1.87. The zero-order valence-corrected chi connectivity index (χ0v) is 10.00. The topological polar surface area (TPSA) is 84.3 Å². The molecule has 2 amide bonds. The number of hydrogen-bond donors (Lipinski definition) is 1. The van der Waals surface area contributed by atoms with Crippen LogP contribution in [0.4, 0.5) is 0 Å². The SMILES string of the molecule is CC1C(=O)NCCN1C(=O)Cn1cccnc1=O. The first-order valence-corrected chi connectivity index (χ1v) is 5.68. The second-order valence-electron chi connectivity index (χ2n) is 4.08. The molecular weight excluding hydrogens is 236 g/mol. The number of carbonyl (C=O) groups excluding carboxylic acids is 2. The van der Waals surface area contributed by atoms with E-state index in [1.807, 2.05) is 0 Å². The Balaban J connectivity index is 2.11. The standard InChI is InChI=1S/C11H14N4O3/c1-8-10(17)12-4-6-15(8)9(16)7-14-5-2-3-13-11(14)18/h2-3,5,8H,4,6-7H2,1H3,(H,12,17). The van der Waals surface area contributed by atoms with E-state index in [1.54, 1.807) is 13.0 Å². The van der Waals surface area contributed by atoms with Gasteiger partial charge in [-0.2, -0.15) is 0 Å². The molecule has 0 saturated carbocycles. The van der Waals surface area contributed by atoms with Crippen LogP contribution in [0.1, 0.15) is 6.92 Å². The van der Waals surface area contributed by atoms with Gasteiger partial charge >= 0.3 is 5.69 Å². The molecule has 1 unspecified atom stereocenters. The number of rotatable bonds is 2. The number of nitrogens with zero attached hydrogens (tertiary/aromatic N) is 3. The fraction of sp³-hybridized carbons (Fsp3) is 0.455. The largest absolute Gasteiger partial charge is 0.353 e. The molecule has 1 aromatic rings. The third-order valence-corrected chi connectivity index (χ3v) is 2.91. The Morgan fingerprint density at radius 2 is 2.33 bits per heavy atom. The quantitative estimate of drug-likeness (QED) is 0.699. The van der Waals surface area contributed by atoms with Crippen molar-refractivity contribution < 1.29 is 9.59 Å². The van der Waals surface area contributed by atoms with Gasteiger partial charge in [-0.1, -0.05) is 0 Å². The summed E-state index contributed by atoms with van der Waals surface area (Å²) in [7, 11) is 0. The first-order valence-electron chi connectivity index (χ1n) is 5.68. The summed E-state index contributed by atoms with van der Waals surface area (Å²) in [6.07, 6.45) is 2.88. The van der Waals surface area contributed by atoms with Crippen molar-refractivity contribution in [1.82, 2.24) is 19.8 Å². The molecule has 1 aliphatic rings. The molecule has 0 spiro atoms. The van der Waals surface area contributed by atoms with Crippen molar-refractivity contribution >= 4 is 11.8 Å². The van der Waals surface area contributed by atoms with Crippen molar-refractivity contribution in [3.05, 3.63) is 28.9 Å². The molecule has 0 aromatic carbocycles. The molecule has 1 aliphatic heterocycles. The Bertz CT molecular complexity index is 525. The van der Waals surface area contributed by atoms with Crippen molar-refractivity contribution in [2.75, 3.05) is 13.1 Å². The van der Waals surface area contributed by atoms with Crippen LogP contribution in [0, 0.1) is 0 Å². The van der Waals surface area contributed by atoms with E-state index in [0.29, 0.717) is 13.1 Å². The maximum Gasteiger partial charge on any atom is 0.347 e. The summed E-state index contributed by atoms with van der Waals surface area (Å²) in [5, 5.41) is 2.68. The Hall–Kier alpha value is -2.18. The average molecular weight is 250 g/mol. The lowest BCUT2D eigenvalue weighted by Gasteiger charge is -2.32. The minimum absolute atomic E-state index is 0.0930. The van der Waals surface area contributed by atoms with Crippen LogP contribution in [0.3, 0.4) is 0 Å². The summed E-state index contributed by atoms with van der Waals surface area (Å²) in [5.74, 6) is -0.430. The van der Waals surface area contributed by atoms with Gasteiger partial charge in [0.05, 0.1) is 0 Å². The lowest BCUT2D eigenvalue weighted by molar-refractivity contribution is -0.142. The highest BCUT2D eigenvalue weighted by Gasteiger charge is 2.29. The van der Waals surface area contributed by atoms with Gasteiger partial charge in [-0.3, -0.25) is 14.2 Å². The molecule has 7 nitrogen and oxygen atoms in total. The predicted molar refractivity (Wildman–Crippen MR) is 62.7 cm³/mol. The Morgan fingerprint density at radius 1 is 1.56 bits per heavy atom. The normalized spacial score (nSPS) is 19.5. The highest BCUT2D eigenvalue weighted by molar-refractivity contribution is 5.88. The van der Waals surface area contributed by atoms with Crippen LogP contribution in [0.2, 0.25) is 0 Å². The summed E-state index contributed by atoms with van der Waals surface area (Å²) >= 11 is 0. The second-order valence-corrected chi connectivity index (χ2v) is 4.08. The van der Waals surface area contributed by atoms with Crippen molar-refractivity contribution in [3.8, 4) is 0 Å². The maximum atomic E-state index is 12.0. The molecule has 7 heteroatoms. The molecule has 1 atom stereocenters. The van der Waals surface area contributed by atoms with Gasteiger partial charge in [-0.25, -0.2) is 9.78 Å². The summed E-state index contributed by atoms with van der Waals surface area (Å²) in [6.45, 7) is 2.47. The molecule has 18 heavy (non-hydrogen) atoms. The smallest absolute Gasteiger partial charge is 0.347 e. The molecule has 1 fully saturated rings. The predicted octanol–water partition coefficient (Wildman–Crippen LogP) is -1.41. The van der Waals surface area contributed by atoms with E-state index in [-0.39, 0.29) is 18.4 Å². The van der Waals surface area contributed by atoms with E-state index in [1.165, 1.54) is 21.9 Å². The minimum Gasteiger partial charge on any atom is -0.353 e. The third kappa shape index (κ3) is 2.39. The molecular formula is C11H14N4O3. The van der Waals surface area contributed by atoms with Crippen LogP contribution in [0.5, 0.6) is 0 Å². The van der Waals surface area contributed by atoms with Gasteiger partial charge in [0.1, 0.15) is 12.6 Å². The average Bonchev–Trinajstić information content (AvgIpc) is 2.35. The van der Waals surface area contributed by atoms with E-state index < -0.39 is 11.7 Å². The number of aromatic nitrogens is 2.